The third kappa shape index (κ3) is 3.44. The number of piperidine rings is 1. The van der Waals surface area contributed by atoms with Crippen molar-refractivity contribution in [2.75, 3.05) is 19.6 Å². The molecule has 4 heterocycles. The van der Waals surface area contributed by atoms with Crippen LogP contribution < -0.4 is 0 Å². The predicted molar refractivity (Wildman–Crippen MR) is 95.9 cm³/mol. The van der Waals surface area contributed by atoms with Crippen LogP contribution in [0.25, 0.3) is 0 Å². The van der Waals surface area contributed by atoms with Gasteiger partial charge in [-0.15, -0.1) is 0 Å². The molecule has 1 aromatic heterocycles. The van der Waals surface area contributed by atoms with Crippen LogP contribution in [0.15, 0.2) is 24.4 Å². The summed E-state index contributed by atoms with van der Waals surface area (Å²) in [5, 5.41) is 11.2. The van der Waals surface area contributed by atoms with Crippen molar-refractivity contribution in [3.05, 3.63) is 30.1 Å². The summed E-state index contributed by atoms with van der Waals surface area (Å²) < 4.78 is 0. The lowest BCUT2D eigenvalue weighted by atomic mass is 9.83. The van der Waals surface area contributed by atoms with Gasteiger partial charge in [-0.3, -0.25) is 14.7 Å². The van der Waals surface area contributed by atoms with Crippen molar-refractivity contribution >= 4 is 5.91 Å². The van der Waals surface area contributed by atoms with Crippen molar-refractivity contribution < 1.29 is 9.90 Å². The highest BCUT2D eigenvalue weighted by Gasteiger charge is 2.49. The molecule has 4 rings (SSSR count). The Morgan fingerprint density at radius 3 is 2.40 bits per heavy atom. The van der Waals surface area contributed by atoms with E-state index in [4.69, 9.17) is 0 Å². The number of carbonyl (C=O) groups excluding carboxylic acids is 1. The lowest BCUT2D eigenvalue weighted by Gasteiger charge is -2.43. The van der Waals surface area contributed by atoms with E-state index in [1.165, 1.54) is 12.8 Å². The van der Waals surface area contributed by atoms with Crippen LogP contribution in [0.1, 0.15) is 57.1 Å². The molecule has 3 aliphatic rings. The van der Waals surface area contributed by atoms with Crippen LogP contribution in [0.4, 0.5) is 0 Å². The van der Waals surface area contributed by atoms with Crippen molar-refractivity contribution in [3.63, 3.8) is 0 Å². The second-order valence-corrected chi connectivity index (χ2v) is 8.01. The Labute approximate surface area is 150 Å². The minimum absolute atomic E-state index is 0.280. The number of fused-ring (bicyclic) bond motifs is 2. The second kappa shape index (κ2) is 7.04. The fourth-order valence-corrected chi connectivity index (χ4v) is 5.00. The predicted octanol–water partition coefficient (Wildman–Crippen LogP) is 2.30. The second-order valence-electron chi connectivity index (χ2n) is 8.01. The van der Waals surface area contributed by atoms with Crippen LogP contribution in [-0.4, -0.2) is 57.5 Å². The first-order valence-electron chi connectivity index (χ1n) is 9.83. The van der Waals surface area contributed by atoms with Crippen LogP contribution in [0.2, 0.25) is 0 Å². The largest absolute Gasteiger partial charge is 0.383 e. The molecule has 1 N–H and O–H groups in total. The molecule has 1 aromatic rings. The lowest BCUT2D eigenvalue weighted by Crippen LogP contribution is -2.53. The number of hydrogen-bond acceptors (Lipinski definition) is 4. The summed E-state index contributed by atoms with van der Waals surface area (Å²) in [5.41, 5.74) is -0.0553. The molecule has 0 saturated carbocycles. The van der Waals surface area contributed by atoms with Gasteiger partial charge in [-0.05, 0) is 50.7 Å². The zero-order valence-corrected chi connectivity index (χ0v) is 14.9. The molecule has 1 amide bonds. The molecule has 25 heavy (non-hydrogen) atoms. The molecule has 5 heteroatoms. The monoisotopic (exact) mass is 343 g/mol. The van der Waals surface area contributed by atoms with Gasteiger partial charge in [0.2, 0.25) is 5.91 Å². The average molecular weight is 343 g/mol. The number of aromatic nitrogens is 1. The summed E-state index contributed by atoms with van der Waals surface area (Å²) in [7, 11) is 0. The van der Waals surface area contributed by atoms with Crippen molar-refractivity contribution in [1.29, 1.82) is 0 Å². The van der Waals surface area contributed by atoms with Crippen molar-refractivity contribution in [2.24, 2.45) is 0 Å². The number of likely N-dealkylation sites (tertiary alicyclic amines) is 1. The van der Waals surface area contributed by atoms with E-state index < -0.39 is 5.60 Å². The standard InChI is InChI=1S/C20H29N3O2/c24-19(22-11-5-1-2-6-12-22)15-23-16-8-9-17(23)14-20(25,13-16)18-7-3-4-10-21-18/h3-4,7,10,16-17,25H,1-2,5-6,8-9,11-15H2. The molecule has 3 aliphatic heterocycles. The first-order valence-corrected chi connectivity index (χ1v) is 9.83. The SMILES string of the molecule is O=C(CN1C2CCC1CC(O)(c1ccccn1)C2)N1CCCCCC1. The van der Waals surface area contributed by atoms with E-state index in [0.717, 1.165) is 44.5 Å². The average Bonchev–Trinajstić information content (AvgIpc) is 2.85. The van der Waals surface area contributed by atoms with Gasteiger partial charge >= 0.3 is 0 Å². The number of carbonyl (C=O) groups is 1. The van der Waals surface area contributed by atoms with Crippen LogP contribution >= 0.6 is 0 Å². The Bertz CT molecular complexity index is 584. The molecular formula is C20H29N3O2. The summed E-state index contributed by atoms with van der Waals surface area (Å²) in [4.78, 5) is 21.6. The van der Waals surface area contributed by atoms with Gasteiger partial charge in [-0.2, -0.15) is 0 Å². The smallest absolute Gasteiger partial charge is 0.236 e. The molecule has 2 unspecified atom stereocenters. The number of rotatable bonds is 3. The van der Waals surface area contributed by atoms with Gasteiger partial charge in [0, 0.05) is 31.4 Å². The lowest BCUT2D eigenvalue weighted by molar-refractivity contribution is -0.136. The first-order chi connectivity index (χ1) is 12.2. The molecule has 0 aromatic carbocycles. The molecule has 0 spiro atoms. The molecule has 0 aliphatic carbocycles. The van der Waals surface area contributed by atoms with Crippen LogP contribution in [0, 0.1) is 0 Å². The first kappa shape index (κ1) is 17.0. The number of nitrogens with zero attached hydrogens (tertiary/aromatic N) is 3. The minimum Gasteiger partial charge on any atom is -0.383 e. The Balaban J connectivity index is 1.43. The summed E-state index contributed by atoms with van der Waals surface area (Å²) in [6.45, 7) is 2.35. The van der Waals surface area contributed by atoms with E-state index >= 15 is 0 Å². The molecule has 5 nitrogen and oxygen atoms in total. The summed E-state index contributed by atoms with van der Waals surface area (Å²) in [6.07, 6.45) is 10.0. The number of hydrogen-bond donors (Lipinski definition) is 1. The van der Waals surface area contributed by atoms with Gasteiger partial charge in [0.05, 0.1) is 12.2 Å². The maximum Gasteiger partial charge on any atom is 0.236 e. The Kier molecular flexibility index (Phi) is 4.78. The Hall–Kier alpha value is -1.46. The topological polar surface area (TPSA) is 56.7 Å². The molecule has 0 radical (unpaired) electrons. The molecular weight excluding hydrogens is 314 g/mol. The molecule has 3 fully saturated rings. The van der Waals surface area contributed by atoms with E-state index in [-0.39, 0.29) is 5.91 Å². The third-order valence-electron chi connectivity index (χ3n) is 6.34. The molecule has 136 valence electrons. The fourth-order valence-electron chi connectivity index (χ4n) is 5.00. The number of pyridine rings is 1. The highest BCUT2D eigenvalue weighted by molar-refractivity contribution is 5.78. The van der Waals surface area contributed by atoms with Gasteiger partial charge in [0.1, 0.15) is 5.60 Å². The molecule has 2 bridgehead atoms. The van der Waals surface area contributed by atoms with Crippen molar-refractivity contribution in [3.8, 4) is 0 Å². The van der Waals surface area contributed by atoms with Gasteiger partial charge in [-0.25, -0.2) is 0 Å². The fraction of sp³-hybridized carbons (Fsp3) is 0.700. The summed E-state index contributed by atoms with van der Waals surface area (Å²) in [6, 6.07) is 6.34. The zero-order valence-electron chi connectivity index (χ0n) is 14.9. The highest BCUT2D eigenvalue weighted by atomic mass is 16.3. The van der Waals surface area contributed by atoms with E-state index in [2.05, 4.69) is 14.8 Å². The molecule has 2 atom stereocenters. The number of amides is 1. The quantitative estimate of drug-likeness (QED) is 0.915. The number of aliphatic hydroxyl groups is 1. The Morgan fingerprint density at radius 2 is 1.80 bits per heavy atom. The van der Waals surface area contributed by atoms with E-state index in [1.807, 2.05) is 18.2 Å². The van der Waals surface area contributed by atoms with Gasteiger partial charge < -0.3 is 10.0 Å². The molecule has 3 saturated heterocycles. The van der Waals surface area contributed by atoms with Gasteiger partial charge in [0.25, 0.3) is 0 Å². The minimum atomic E-state index is -0.838. The van der Waals surface area contributed by atoms with E-state index in [1.54, 1.807) is 6.20 Å². The highest BCUT2D eigenvalue weighted by Crippen LogP contribution is 2.45. The van der Waals surface area contributed by atoms with Crippen LogP contribution in [0.5, 0.6) is 0 Å². The summed E-state index contributed by atoms with van der Waals surface area (Å²) in [5.74, 6) is 0.280. The third-order valence-corrected chi connectivity index (χ3v) is 6.34. The van der Waals surface area contributed by atoms with Crippen molar-refractivity contribution in [1.82, 2.24) is 14.8 Å². The Morgan fingerprint density at radius 1 is 1.12 bits per heavy atom. The van der Waals surface area contributed by atoms with E-state index in [0.29, 0.717) is 31.5 Å². The van der Waals surface area contributed by atoms with Crippen molar-refractivity contribution in [2.45, 2.75) is 69.1 Å². The zero-order chi connectivity index (χ0) is 17.3. The maximum atomic E-state index is 12.8. The van der Waals surface area contributed by atoms with Crippen LogP contribution in [0.3, 0.4) is 0 Å². The summed E-state index contributed by atoms with van der Waals surface area (Å²) >= 11 is 0. The normalized spacial score (nSPS) is 33.2. The maximum absolute atomic E-state index is 12.8. The van der Waals surface area contributed by atoms with E-state index in [9.17, 15) is 9.90 Å². The van der Waals surface area contributed by atoms with Crippen LogP contribution in [-0.2, 0) is 10.4 Å². The van der Waals surface area contributed by atoms with Gasteiger partial charge in [-0.1, -0.05) is 18.9 Å². The van der Waals surface area contributed by atoms with Gasteiger partial charge in [0.15, 0.2) is 0 Å².